The van der Waals surface area contributed by atoms with Crippen LogP contribution >= 0.6 is 0 Å². The van der Waals surface area contributed by atoms with E-state index >= 15 is 0 Å². The van der Waals surface area contributed by atoms with Gasteiger partial charge in [-0.2, -0.15) is 0 Å². The number of nitro benzene ring substituents is 1. The lowest BCUT2D eigenvalue weighted by Crippen LogP contribution is -1.98. The van der Waals surface area contributed by atoms with Crippen LogP contribution in [0.2, 0.25) is 0 Å². The summed E-state index contributed by atoms with van der Waals surface area (Å²) in [5.41, 5.74) is 0.146. The van der Waals surface area contributed by atoms with Crippen molar-refractivity contribution in [2.45, 2.75) is 12.8 Å². The molecule has 2 rings (SSSR count). The van der Waals surface area contributed by atoms with Gasteiger partial charge in [-0.1, -0.05) is 5.21 Å². The summed E-state index contributed by atoms with van der Waals surface area (Å²) in [4.78, 5) is 20.4. The third-order valence-electron chi connectivity index (χ3n) is 2.48. The molecule has 2 aromatic rings. The van der Waals surface area contributed by atoms with Crippen molar-refractivity contribution in [2.75, 3.05) is 0 Å². The zero-order valence-corrected chi connectivity index (χ0v) is 10.1. The Bertz CT molecular complexity index is 670. The van der Waals surface area contributed by atoms with Crippen molar-refractivity contribution < 1.29 is 19.2 Å². The summed E-state index contributed by atoms with van der Waals surface area (Å²) in [7, 11) is 0. The number of aryl methyl sites for hydroxylation is 1. The third-order valence-corrected chi connectivity index (χ3v) is 2.48. The molecule has 1 aromatic carbocycles. The van der Waals surface area contributed by atoms with E-state index in [1.165, 1.54) is 6.20 Å². The van der Waals surface area contributed by atoms with E-state index in [2.05, 4.69) is 10.3 Å². The number of aromatic nitrogens is 3. The van der Waals surface area contributed by atoms with Gasteiger partial charge in [0.2, 0.25) is 0 Å². The summed E-state index contributed by atoms with van der Waals surface area (Å²) in [5, 5.41) is 26.6. The van der Waals surface area contributed by atoms with Crippen LogP contribution in [-0.2, 0) is 11.2 Å². The highest BCUT2D eigenvalue weighted by atomic mass is 19.1. The maximum absolute atomic E-state index is 13.3. The molecule has 0 spiro atoms. The predicted octanol–water partition coefficient (Wildman–Crippen LogP) is 1.33. The fourth-order valence-corrected chi connectivity index (χ4v) is 1.57. The fourth-order valence-electron chi connectivity index (χ4n) is 1.57. The molecule has 0 aliphatic heterocycles. The monoisotopic (exact) mass is 280 g/mol. The van der Waals surface area contributed by atoms with E-state index in [-0.39, 0.29) is 18.5 Å². The molecular formula is C11H9FN4O4. The Hall–Kier alpha value is -2.84. The minimum atomic E-state index is -0.971. The number of halogens is 1. The Balaban J connectivity index is 2.27. The van der Waals surface area contributed by atoms with Crippen LogP contribution in [0.25, 0.3) is 5.69 Å². The maximum Gasteiger partial charge on any atom is 0.303 e. The van der Waals surface area contributed by atoms with Gasteiger partial charge in [0.15, 0.2) is 0 Å². The zero-order valence-electron chi connectivity index (χ0n) is 10.1. The number of benzene rings is 1. The number of carbonyl (C=O) groups is 1. The first-order chi connectivity index (χ1) is 9.45. The van der Waals surface area contributed by atoms with Crippen LogP contribution < -0.4 is 0 Å². The number of carboxylic acid groups (broad SMARTS) is 1. The van der Waals surface area contributed by atoms with Crippen molar-refractivity contribution in [3.63, 3.8) is 0 Å². The van der Waals surface area contributed by atoms with E-state index in [1.807, 2.05) is 0 Å². The highest BCUT2D eigenvalue weighted by Gasteiger charge is 2.12. The minimum absolute atomic E-state index is 0.109. The van der Waals surface area contributed by atoms with E-state index in [0.29, 0.717) is 5.69 Å². The lowest BCUT2D eigenvalue weighted by atomic mass is 10.2. The SMILES string of the molecule is O=C(O)CCc1cn(-c2cc(F)cc([N+](=O)[O-])c2)nn1. The topological polar surface area (TPSA) is 111 Å². The Kier molecular flexibility index (Phi) is 3.69. The van der Waals surface area contributed by atoms with E-state index in [0.717, 1.165) is 22.9 Å². The van der Waals surface area contributed by atoms with Gasteiger partial charge in [0, 0.05) is 18.6 Å². The second kappa shape index (κ2) is 5.43. The van der Waals surface area contributed by atoms with Gasteiger partial charge in [-0.05, 0) is 0 Å². The molecule has 8 nitrogen and oxygen atoms in total. The van der Waals surface area contributed by atoms with Gasteiger partial charge >= 0.3 is 5.97 Å². The first-order valence-electron chi connectivity index (χ1n) is 5.54. The van der Waals surface area contributed by atoms with Crippen LogP contribution in [0.3, 0.4) is 0 Å². The van der Waals surface area contributed by atoms with Crippen molar-refractivity contribution in [1.82, 2.24) is 15.0 Å². The molecule has 0 bridgehead atoms. The number of nitrogens with zero attached hydrogens (tertiary/aromatic N) is 4. The molecule has 0 amide bonds. The van der Waals surface area contributed by atoms with E-state index in [9.17, 15) is 19.3 Å². The molecule has 0 saturated heterocycles. The minimum Gasteiger partial charge on any atom is -0.481 e. The molecule has 0 fully saturated rings. The van der Waals surface area contributed by atoms with Crippen molar-refractivity contribution >= 4 is 11.7 Å². The number of nitro groups is 1. The summed E-state index contributed by atoms with van der Waals surface area (Å²) in [5.74, 6) is -1.74. The molecule has 1 N–H and O–H groups in total. The molecule has 0 unspecified atom stereocenters. The van der Waals surface area contributed by atoms with Crippen LogP contribution in [-0.4, -0.2) is 31.0 Å². The van der Waals surface area contributed by atoms with Crippen molar-refractivity contribution in [3.8, 4) is 5.69 Å². The van der Waals surface area contributed by atoms with E-state index in [1.54, 1.807) is 0 Å². The molecule has 1 aromatic heterocycles. The highest BCUT2D eigenvalue weighted by molar-refractivity contribution is 5.66. The standard InChI is InChI=1S/C11H9FN4O4/c12-7-3-9(5-10(4-7)16(19)20)15-6-8(13-14-15)1-2-11(17)18/h3-6H,1-2H2,(H,17,18). The third kappa shape index (κ3) is 3.13. The van der Waals surface area contributed by atoms with Gasteiger partial charge < -0.3 is 5.11 Å². The van der Waals surface area contributed by atoms with Crippen LogP contribution in [0, 0.1) is 15.9 Å². The summed E-state index contributed by atoms with van der Waals surface area (Å²) >= 11 is 0. The quantitative estimate of drug-likeness (QED) is 0.653. The first-order valence-corrected chi connectivity index (χ1v) is 5.54. The Morgan fingerprint density at radius 3 is 2.85 bits per heavy atom. The number of aliphatic carboxylic acids is 1. The molecule has 20 heavy (non-hydrogen) atoms. The summed E-state index contributed by atoms with van der Waals surface area (Å²) < 4.78 is 14.5. The molecule has 0 aliphatic rings. The van der Waals surface area contributed by atoms with Gasteiger partial charge in [-0.3, -0.25) is 14.9 Å². The van der Waals surface area contributed by atoms with Crippen LogP contribution in [0.1, 0.15) is 12.1 Å². The Morgan fingerprint density at radius 2 is 2.20 bits per heavy atom. The number of carboxylic acids is 1. The molecule has 104 valence electrons. The highest BCUT2D eigenvalue weighted by Crippen LogP contribution is 2.19. The summed E-state index contributed by atoms with van der Waals surface area (Å²) in [6.45, 7) is 0. The lowest BCUT2D eigenvalue weighted by Gasteiger charge is -2.00. The molecular weight excluding hydrogens is 271 g/mol. The second-order valence-electron chi connectivity index (χ2n) is 3.97. The lowest BCUT2D eigenvalue weighted by molar-refractivity contribution is -0.385. The van der Waals surface area contributed by atoms with Gasteiger partial charge in [0.1, 0.15) is 5.82 Å². The number of hydrogen-bond donors (Lipinski definition) is 1. The van der Waals surface area contributed by atoms with Gasteiger partial charge in [0.25, 0.3) is 5.69 Å². The van der Waals surface area contributed by atoms with Crippen LogP contribution in [0.4, 0.5) is 10.1 Å². The van der Waals surface area contributed by atoms with E-state index < -0.39 is 22.4 Å². The average Bonchev–Trinajstić information content (AvgIpc) is 2.84. The summed E-state index contributed by atoms with van der Waals surface area (Å²) in [6.07, 6.45) is 1.47. The van der Waals surface area contributed by atoms with E-state index in [4.69, 9.17) is 5.11 Å². The molecule has 0 aliphatic carbocycles. The normalized spacial score (nSPS) is 10.4. The van der Waals surface area contributed by atoms with Crippen LogP contribution in [0.15, 0.2) is 24.4 Å². The Morgan fingerprint density at radius 1 is 1.45 bits per heavy atom. The molecule has 0 radical (unpaired) electrons. The molecule has 0 saturated carbocycles. The van der Waals surface area contributed by atoms with Crippen molar-refractivity contribution in [3.05, 3.63) is 46.0 Å². The maximum atomic E-state index is 13.3. The molecule has 9 heteroatoms. The summed E-state index contributed by atoms with van der Waals surface area (Å²) in [6, 6.07) is 3.02. The Labute approximate surface area is 111 Å². The second-order valence-corrected chi connectivity index (χ2v) is 3.97. The average molecular weight is 280 g/mol. The van der Waals surface area contributed by atoms with Crippen LogP contribution in [0.5, 0.6) is 0 Å². The first kappa shape index (κ1) is 13.6. The number of rotatable bonds is 5. The van der Waals surface area contributed by atoms with Gasteiger partial charge in [-0.25, -0.2) is 9.07 Å². The smallest absolute Gasteiger partial charge is 0.303 e. The fraction of sp³-hybridized carbons (Fsp3) is 0.182. The number of non-ortho nitro benzene ring substituents is 1. The largest absolute Gasteiger partial charge is 0.481 e. The van der Waals surface area contributed by atoms with Gasteiger partial charge in [0.05, 0.1) is 35.0 Å². The molecule has 0 atom stereocenters. The molecule has 1 heterocycles. The van der Waals surface area contributed by atoms with Crippen molar-refractivity contribution in [1.29, 1.82) is 0 Å². The zero-order chi connectivity index (χ0) is 14.7. The predicted molar refractivity (Wildman–Crippen MR) is 63.9 cm³/mol. The van der Waals surface area contributed by atoms with Crippen molar-refractivity contribution in [2.24, 2.45) is 0 Å². The number of hydrogen-bond acceptors (Lipinski definition) is 5. The van der Waals surface area contributed by atoms with Gasteiger partial charge in [-0.15, -0.1) is 5.10 Å².